The van der Waals surface area contributed by atoms with Crippen LogP contribution in [0.4, 0.5) is 0 Å². The molecule has 1 atom stereocenters. The lowest BCUT2D eigenvalue weighted by molar-refractivity contribution is 0.592. The minimum absolute atomic E-state index is 0.175. The van der Waals surface area contributed by atoms with E-state index in [2.05, 4.69) is 48.4 Å². The standard InChI is InChI=1S/C15H22N4/c1-4-8-17-15(13-10-18-19(5-2)11-13)14-7-6-9-16-12(14)3/h6-7,9-11,15,17H,4-5,8H2,1-3H3. The van der Waals surface area contributed by atoms with Crippen molar-refractivity contribution in [1.82, 2.24) is 20.1 Å². The van der Waals surface area contributed by atoms with Gasteiger partial charge in [-0.15, -0.1) is 0 Å². The summed E-state index contributed by atoms with van der Waals surface area (Å²) in [7, 11) is 0. The molecule has 0 saturated heterocycles. The molecule has 0 aromatic carbocycles. The molecule has 0 saturated carbocycles. The smallest absolute Gasteiger partial charge is 0.0625 e. The second-order valence-corrected chi connectivity index (χ2v) is 4.69. The van der Waals surface area contributed by atoms with Crippen LogP contribution in [0.25, 0.3) is 0 Å². The van der Waals surface area contributed by atoms with Gasteiger partial charge in [-0.2, -0.15) is 5.10 Å². The summed E-state index contributed by atoms with van der Waals surface area (Å²) in [5, 5.41) is 7.96. The molecule has 102 valence electrons. The molecule has 4 nitrogen and oxygen atoms in total. The third-order valence-corrected chi connectivity index (χ3v) is 3.27. The van der Waals surface area contributed by atoms with Gasteiger partial charge < -0.3 is 5.32 Å². The summed E-state index contributed by atoms with van der Waals surface area (Å²) in [5.74, 6) is 0. The number of aromatic nitrogens is 3. The van der Waals surface area contributed by atoms with Crippen LogP contribution in [-0.4, -0.2) is 21.3 Å². The molecule has 0 bridgehead atoms. The number of hydrogen-bond donors (Lipinski definition) is 1. The SMILES string of the molecule is CCCNC(c1cnn(CC)c1)c1cccnc1C. The molecular weight excluding hydrogens is 236 g/mol. The Balaban J connectivity index is 2.32. The topological polar surface area (TPSA) is 42.7 Å². The molecule has 2 heterocycles. The second kappa shape index (κ2) is 6.48. The zero-order valence-electron chi connectivity index (χ0n) is 11.9. The van der Waals surface area contributed by atoms with E-state index in [9.17, 15) is 0 Å². The van der Waals surface area contributed by atoms with Gasteiger partial charge in [-0.05, 0) is 38.4 Å². The molecule has 0 amide bonds. The first-order valence-electron chi connectivity index (χ1n) is 6.93. The molecule has 0 aliphatic rings. The lowest BCUT2D eigenvalue weighted by Crippen LogP contribution is -2.23. The molecule has 0 spiro atoms. The van der Waals surface area contributed by atoms with Gasteiger partial charge in [0.1, 0.15) is 0 Å². The lowest BCUT2D eigenvalue weighted by atomic mass is 10.0. The fourth-order valence-electron chi connectivity index (χ4n) is 2.20. The maximum atomic E-state index is 4.39. The first-order chi connectivity index (χ1) is 9.26. The molecule has 0 fully saturated rings. The Hall–Kier alpha value is -1.68. The fraction of sp³-hybridized carbons (Fsp3) is 0.467. The Labute approximate surface area is 114 Å². The van der Waals surface area contributed by atoms with E-state index < -0.39 is 0 Å². The number of pyridine rings is 1. The van der Waals surface area contributed by atoms with E-state index in [0.717, 1.165) is 25.2 Å². The van der Waals surface area contributed by atoms with Crippen molar-refractivity contribution in [1.29, 1.82) is 0 Å². The number of hydrogen-bond acceptors (Lipinski definition) is 3. The molecule has 1 N–H and O–H groups in total. The maximum absolute atomic E-state index is 4.39. The Morgan fingerprint density at radius 2 is 2.21 bits per heavy atom. The highest BCUT2D eigenvalue weighted by Gasteiger charge is 2.17. The van der Waals surface area contributed by atoms with E-state index in [1.54, 1.807) is 0 Å². The number of nitrogens with one attached hydrogen (secondary N) is 1. The molecule has 1 unspecified atom stereocenters. The molecule has 2 rings (SSSR count). The zero-order valence-corrected chi connectivity index (χ0v) is 11.9. The highest BCUT2D eigenvalue weighted by molar-refractivity contribution is 5.31. The van der Waals surface area contributed by atoms with Crippen LogP contribution in [0.3, 0.4) is 0 Å². The highest BCUT2D eigenvalue weighted by Crippen LogP contribution is 2.23. The molecule has 4 heteroatoms. The van der Waals surface area contributed by atoms with Crippen molar-refractivity contribution in [3.05, 3.63) is 47.5 Å². The Morgan fingerprint density at radius 1 is 1.37 bits per heavy atom. The Morgan fingerprint density at radius 3 is 2.84 bits per heavy atom. The lowest BCUT2D eigenvalue weighted by Gasteiger charge is -2.19. The van der Waals surface area contributed by atoms with Crippen LogP contribution in [0.5, 0.6) is 0 Å². The van der Waals surface area contributed by atoms with Crippen LogP contribution in [0.15, 0.2) is 30.7 Å². The van der Waals surface area contributed by atoms with E-state index >= 15 is 0 Å². The van der Waals surface area contributed by atoms with Crippen LogP contribution in [0.1, 0.15) is 43.1 Å². The van der Waals surface area contributed by atoms with Gasteiger partial charge >= 0.3 is 0 Å². The zero-order chi connectivity index (χ0) is 13.7. The van der Waals surface area contributed by atoms with Gasteiger partial charge in [0.25, 0.3) is 0 Å². The van der Waals surface area contributed by atoms with Crippen molar-refractivity contribution in [3.63, 3.8) is 0 Å². The van der Waals surface area contributed by atoms with Crippen LogP contribution < -0.4 is 5.32 Å². The van der Waals surface area contributed by atoms with Gasteiger partial charge in [0.15, 0.2) is 0 Å². The molecule has 0 aliphatic heterocycles. The van der Waals surface area contributed by atoms with Crippen molar-refractivity contribution in [2.75, 3.05) is 6.54 Å². The van der Waals surface area contributed by atoms with Crippen LogP contribution in [0, 0.1) is 6.92 Å². The first-order valence-corrected chi connectivity index (χ1v) is 6.93. The van der Waals surface area contributed by atoms with Crippen LogP contribution in [0.2, 0.25) is 0 Å². The molecule has 0 radical (unpaired) electrons. The second-order valence-electron chi connectivity index (χ2n) is 4.69. The summed E-state index contributed by atoms with van der Waals surface area (Å²) in [4.78, 5) is 4.39. The fourth-order valence-corrected chi connectivity index (χ4v) is 2.20. The third kappa shape index (κ3) is 3.20. The highest BCUT2D eigenvalue weighted by atomic mass is 15.3. The van der Waals surface area contributed by atoms with Gasteiger partial charge in [0.2, 0.25) is 0 Å². The van der Waals surface area contributed by atoms with Crippen LogP contribution >= 0.6 is 0 Å². The van der Waals surface area contributed by atoms with Gasteiger partial charge in [-0.25, -0.2) is 0 Å². The van der Waals surface area contributed by atoms with Gasteiger partial charge in [0, 0.05) is 30.2 Å². The summed E-state index contributed by atoms with van der Waals surface area (Å²) in [6.45, 7) is 8.21. The number of rotatable bonds is 6. The summed E-state index contributed by atoms with van der Waals surface area (Å²) in [6.07, 6.45) is 7.01. The van der Waals surface area contributed by atoms with E-state index in [0.29, 0.717) is 0 Å². The minimum Gasteiger partial charge on any atom is -0.306 e. The first kappa shape index (κ1) is 13.7. The van der Waals surface area contributed by atoms with Gasteiger partial charge in [-0.3, -0.25) is 9.67 Å². The van der Waals surface area contributed by atoms with E-state index in [1.165, 1.54) is 11.1 Å². The van der Waals surface area contributed by atoms with E-state index in [4.69, 9.17) is 0 Å². The summed E-state index contributed by atoms with van der Waals surface area (Å²) in [6, 6.07) is 4.31. The summed E-state index contributed by atoms with van der Waals surface area (Å²) in [5.41, 5.74) is 3.50. The van der Waals surface area contributed by atoms with E-state index in [-0.39, 0.29) is 6.04 Å². The van der Waals surface area contributed by atoms with Crippen molar-refractivity contribution in [2.45, 2.75) is 39.8 Å². The minimum atomic E-state index is 0.175. The number of aryl methyl sites for hydroxylation is 2. The van der Waals surface area contributed by atoms with Crippen molar-refractivity contribution >= 4 is 0 Å². The molecule has 2 aromatic heterocycles. The number of nitrogens with zero attached hydrogens (tertiary/aromatic N) is 3. The van der Waals surface area contributed by atoms with Crippen molar-refractivity contribution in [3.8, 4) is 0 Å². The molecule has 0 aliphatic carbocycles. The normalized spacial score (nSPS) is 12.6. The monoisotopic (exact) mass is 258 g/mol. The van der Waals surface area contributed by atoms with E-state index in [1.807, 2.05) is 23.1 Å². The Bertz CT molecular complexity index is 518. The largest absolute Gasteiger partial charge is 0.306 e. The maximum Gasteiger partial charge on any atom is 0.0625 e. The predicted molar refractivity (Wildman–Crippen MR) is 77.0 cm³/mol. The third-order valence-electron chi connectivity index (χ3n) is 3.27. The van der Waals surface area contributed by atoms with Crippen LogP contribution in [-0.2, 0) is 6.54 Å². The van der Waals surface area contributed by atoms with Crippen molar-refractivity contribution < 1.29 is 0 Å². The summed E-state index contributed by atoms with van der Waals surface area (Å²) >= 11 is 0. The van der Waals surface area contributed by atoms with Gasteiger partial charge in [-0.1, -0.05) is 13.0 Å². The van der Waals surface area contributed by atoms with Crippen molar-refractivity contribution in [2.24, 2.45) is 0 Å². The quantitative estimate of drug-likeness (QED) is 0.866. The predicted octanol–water partition coefficient (Wildman–Crippen LogP) is 2.70. The summed E-state index contributed by atoms with van der Waals surface area (Å²) < 4.78 is 1.96. The average molecular weight is 258 g/mol. The average Bonchev–Trinajstić information content (AvgIpc) is 2.90. The molecule has 19 heavy (non-hydrogen) atoms. The molecule has 2 aromatic rings. The Kier molecular flexibility index (Phi) is 4.68. The van der Waals surface area contributed by atoms with Gasteiger partial charge in [0.05, 0.1) is 12.2 Å². The molecular formula is C15H22N4.